The third-order valence-electron chi connectivity index (χ3n) is 1.19. The second-order valence-corrected chi connectivity index (χ2v) is 1.91. The number of H-pyrrole nitrogens is 1. The van der Waals surface area contributed by atoms with Gasteiger partial charge >= 0.3 is 0 Å². The monoisotopic (exact) mass is 197 g/mol. The standard InChI is InChI=1S/C6H11N3.2ClH/c1-7-3-2-6-4-8-5-9-6;;/h4-5,7H,2-3H2,1H3,(H,8,9);2*1H. The molecule has 1 aromatic rings. The average molecular weight is 198 g/mol. The Morgan fingerprint density at radius 3 is 2.73 bits per heavy atom. The molecule has 0 aliphatic rings. The molecule has 0 aromatic carbocycles. The molecule has 11 heavy (non-hydrogen) atoms. The Bertz CT molecular complexity index is 153. The van der Waals surface area contributed by atoms with Gasteiger partial charge in [0, 0.05) is 19.2 Å². The third kappa shape index (κ3) is 5.07. The maximum atomic E-state index is 4.06. The Balaban J connectivity index is 0. The molecule has 0 unspecified atom stereocenters. The summed E-state index contributed by atoms with van der Waals surface area (Å²) in [7, 11) is 1.94. The number of rotatable bonds is 3. The summed E-state index contributed by atoms with van der Waals surface area (Å²) in [6.45, 7) is 0.991. The highest BCUT2D eigenvalue weighted by Gasteiger charge is 1.89. The summed E-state index contributed by atoms with van der Waals surface area (Å²) in [5.41, 5.74) is 1.12. The van der Waals surface area contributed by atoms with E-state index in [1.807, 2.05) is 13.2 Å². The third-order valence-corrected chi connectivity index (χ3v) is 1.19. The van der Waals surface area contributed by atoms with Crippen LogP contribution in [-0.2, 0) is 6.42 Å². The molecule has 0 radical (unpaired) electrons. The molecular formula is C6H13Cl2N3. The number of hydrogen-bond donors (Lipinski definition) is 2. The van der Waals surface area contributed by atoms with Gasteiger partial charge in [-0.15, -0.1) is 24.8 Å². The largest absolute Gasteiger partial charge is 0.351 e. The first-order valence-electron chi connectivity index (χ1n) is 3.05. The van der Waals surface area contributed by atoms with Gasteiger partial charge in [0.2, 0.25) is 0 Å². The maximum absolute atomic E-state index is 4.06. The van der Waals surface area contributed by atoms with E-state index in [4.69, 9.17) is 0 Å². The quantitative estimate of drug-likeness (QED) is 0.761. The van der Waals surface area contributed by atoms with E-state index in [0.717, 1.165) is 18.7 Å². The fourth-order valence-corrected chi connectivity index (χ4v) is 0.681. The van der Waals surface area contributed by atoms with Gasteiger partial charge in [-0.2, -0.15) is 0 Å². The molecule has 3 nitrogen and oxygen atoms in total. The van der Waals surface area contributed by atoms with Crippen LogP contribution in [0.5, 0.6) is 0 Å². The van der Waals surface area contributed by atoms with Crippen molar-refractivity contribution in [1.29, 1.82) is 0 Å². The lowest BCUT2D eigenvalue weighted by Gasteiger charge is -1.91. The van der Waals surface area contributed by atoms with Gasteiger partial charge in [-0.05, 0) is 7.05 Å². The first-order chi connectivity index (χ1) is 4.43. The summed E-state index contributed by atoms with van der Waals surface area (Å²) in [6, 6.07) is 0. The van der Waals surface area contributed by atoms with Crippen molar-refractivity contribution in [2.45, 2.75) is 6.42 Å². The van der Waals surface area contributed by atoms with Crippen LogP contribution in [0.25, 0.3) is 0 Å². The molecule has 0 bridgehead atoms. The van der Waals surface area contributed by atoms with Crippen molar-refractivity contribution in [1.82, 2.24) is 15.3 Å². The van der Waals surface area contributed by atoms with Crippen LogP contribution in [-0.4, -0.2) is 23.6 Å². The Kier molecular flexibility index (Phi) is 9.53. The van der Waals surface area contributed by atoms with Crippen LogP contribution in [0.15, 0.2) is 12.5 Å². The molecule has 0 fully saturated rings. The summed E-state index contributed by atoms with van der Waals surface area (Å²) in [4.78, 5) is 6.96. The van der Waals surface area contributed by atoms with Crippen molar-refractivity contribution in [3.63, 3.8) is 0 Å². The molecule has 1 rings (SSSR count). The minimum atomic E-state index is 0. The lowest BCUT2D eigenvalue weighted by molar-refractivity contribution is 0.780. The highest BCUT2D eigenvalue weighted by Crippen LogP contribution is 1.89. The molecule has 0 saturated heterocycles. The smallest absolute Gasteiger partial charge is 0.0923 e. The average Bonchev–Trinajstić information content (AvgIpc) is 2.34. The normalized spacial score (nSPS) is 8.09. The first kappa shape index (κ1) is 13.3. The minimum Gasteiger partial charge on any atom is -0.351 e. The lowest BCUT2D eigenvalue weighted by atomic mass is 10.3. The number of likely N-dealkylation sites (N-methyl/N-ethyl adjacent to an activating group) is 1. The van der Waals surface area contributed by atoms with Gasteiger partial charge in [0.05, 0.1) is 12.0 Å². The van der Waals surface area contributed by atoms with Crippen LogP contribution < -0.4 is 5.32 Å². The zero-order valence-corrected chi connectivity index (χ0v) is 7.97. The summed E-state index contributed by atoms with van der Waals surface area (Å²) in [5, 5.41) is 3.05. The number of hydrogen-bond acceptors (Lipinski definition) is 2. The molecule has 0 aliphatic carbocycles. The van der Waals surface area contributed by atoms with Crippen molar-refractivity contribution in [3.8, 4) is 0 Å². The first-order valence-corrected chi connectivity index (χ1v) is 3.05. The van der Waals surface area contributed by atoms with Gasteiger partial charge in [0.15, 0.2) is 0 Å². The van der Waals surface area contributed by atoms with E-state index >= 15 is 0 Å². The molecular weight excluding hydrogens is 185 g/mol. The summed E-state index contributed by atoms with van der Waals surface area (Å²) in [5.74, 6) is 0. The molecule has 66 valence electrons. The van der Waals surface area contributed by atoms with Crippen molar-refractivity contribution < 1.29 is 0 Å². The van der Waals surface area contributed by atoms with E-state index in [9.17, 15) is 0 Å². The van der Waals surface area contributed by atoms with Crippen molar-refractivity contribution in [2.24, 2.45) is 0 Å². The molecule has 0 amide bonds. The van der Waals surface area contributed by atoms with Crippen LogP contribution in [0.4, 0.5) is 0 Å². The summed E-state index contributed by atoms with van der Waals surface area (Å²) < 4.78 is 0. The van der Waals surface area contributed by atoms with Crippen LogP contribution in [0.1, 0.15) is 5.69 Å². The van der Waals surface area contributed by atoms with E-state index in [2.05, 4.69) is 15.3 Å². The molecule has 0 atom stereocenters. The van der Waals surface area contributed by atoms with E-state index in [-0.39, 0.29) is 24.8 Å². The van der Waals surface area contributed by atoms with Crippen LogP contribution >= 0.6 is 24.8 Å². The molecule has 2 N–H and O–H groups in total. The van der Waals surface area contributed by atoms with Gasteiger partial charge in [-0.3, -0.25) is 0 Å². The van der Waals surface area contributed by atoms with Crippen molar-refractivity contribution in [2.75, 3.05) is 13.6 Å². The fraction of sp³-hybridized carbons (Fsp3) is 0.500. The lowest BCUT2D eigenvalue weighted by Crippen LogP contribution is -2.10. The van der Waals surface area contributed by atoms with E-state index in [1.54, 1.807) is 6.33 Å². The molecule has 0 spiro atoms. The van der Waals surface area contributed by atoms with Crippen molar-refractivity contribution >= 4 is 24.8 Å². The number of aromatic amines is 1. The Morgan fingerprint density at radius 2 is 2.27 bits per heavy atom. The topological polar surface area (TPSA) is 40.7 Å². The van der Waals surface area contributed by atoms with Gasteiger partial charge in [-0.25, -0.2) is 4.98 Å². The number of imidazole rings is 1. The fourth-order valence-electron chi connectivity index (χ4n) is 0.681. The number of aromatic nitrogens is 2. The molecule has 1 heterocycles. The highest BCUT2D eigenvalue weighted by molar-refractivity contribution is 5.85. The Labute approximate surface area is 78.8 Å². The number of nitrogens with one attached hydrogen (secondary N) is 2. The molecule has 0 saturated carbocycles. The molecule has 0 aliphatic heterocycles. The van der Waals surface area contributed by atoms with Gasteiger partial charge in [0.25, 0.3) is 0 Å². The number of nitrogens with zero attached hydrogens (tertiary/aromatic N) is 1. The zero-order valence-electron chi connectivity index (χ0n) is 6.33. The predicted octanol–water partition coefficient (Wildman–Crippen LogP) is 1.02. The zero-order chi connectivity index (χ0) is 6.53. The van der Waals surface area contributed by atoms with Crippen LogP contribution in [0, 0.1) is 0 Å². The predicted molar refractivity (Wildman–Crippen MR) is 50.7 cm³/mol. The second-order valence-electron chi connectivity index (χ2n) is 1.91. The minimum absolute atomic E-state index is 0. The number of halogens is 2. The van der Waals surface area contributed by atoms with E-state index < -0.39 is 0 Å². The van der Waals surface area contributed by atoms with Crippen LogP contribution in [0.3, 0.4) is 0 Å². The van der Waals surface area contributed by atoms with Crippen molar-refractivity contribution in [3.05, 3.63) is 18.2 Å². The summed E-state index contributed by atoms with van der Waals surface area (Å²) in [6.07, 6.45) is 4.61. The highest BCUT2D eigenvalue weighted by atomic mass is 35.5. The van der Waals surface area contributed by atoms with Gasteiger partial charge in [-0.1, -0.05) is 0 Å². The van der Waals surface area contributed by atoms with Gasteiger partial charge < -0.3 is 10.3 Å². The Hall–Kier alpha value is -0.250. The second kappa shape index (κ2) is 7.85. The van der Waals surface area contributed by atoms with Crippen LogP contribution in [0.2, 0.25) is 0 Å². The van der Waals surface area contributed by atoms with E-state index in [1.165, 1.54) is 0 Å². The van der Waals surface area contributed by atoms with Gasteiger partial charge in [0.1, 0.15) is 0 Å². The SMILES string of the molecule is CNCCc1c[nH]cn1.Cl.Cl. The summed E-state index contributed by atoms with van der Waals surface area (Å²) >= 11 is 0. The maximum Gasteiger partial charge on any atom is 0.0923 e. The molecule has 1 aromatic heterocycles. The Morgan fingerprint density at radius 1 is 1.55 bits per heavy atom. The molecule has 5 heteroatoms. The van der Waals surface area contributed by atoms with E-state index in [0.29, 0.717) is 0 Å².